The maximum absolute atomic E-state index is 14.2. The number of pyridine rings is 2. The van der Waals surface area contributed by atoms with Gasteiger partial charge in [0, 0.05) is 44.3 Å². The molecule has 0 aliphatic carbocycles. The summed E-state index contributed by atoms with van der Waals surface area (Å²) in [6.45, 7) is 8.42. The third kappa shape index (κ3) is 4.59. The van der Waals surface area contributed by atoms with Crippen molar-refractivity contribution in [1.82, 2.24) is 19.4 Å². The van der Waals surface area contributed by atoms with Gasteiger partial charge in [-0.3, -0.25) is 14.7 Å². The molecule has 1 fully saturated rings. The van der Waals surface area contributed by atoms with Crippen LogP contribution in [0, 0.1) is 12.7 Å². The Labute approximate surface area is 187 Å². The van der Waals surface area contributed by atoms with Gasteiger partial charge in [0.25, 0.3) is 5.56 Å². The van der Waals surface area contributed by atoms with Crippen LogP contribution >= 0.6 is 0 Å². The minimum absolute atomic E-state index is 0.0536. The van der Waals surface area contributed by atoms with Crippen molar-refractivity contribution >= 4 is 0 Å². The molecule has 3 heterocycles. The molecule has 1 aliphatic heterocycles. The second-order valence-electron chi connectivity index (χ2n) is 8.26. The largest absolute Gasteiger partial charge is 0.507 e. The number of aromatic nitrogens is 2. The SMILES string of the molecule is CCN1CCN([C@@H](c2cccc(F)c2)c2c(O)cc(C)n(Cc3cccnc3)c2=O)CC1. The number of piperazine rings is 1. The first-order valence-electron chi connectivity index (χ1n) is 11.0. The van der Waals surface area contributed by atoms with Crippen LogP contribution in [-0.2, 0) is 6.54 Å². The van der Waals surface area contributed by atoms with E-state index in [0.717, 1.165) is 38.3 Å². The van der Waals surface area contributed by atoms with Crippen LogP contribution < -0.4 is 5.56 Å². The summed E-state index contributed by atoms with van der Waals surface area (Å²) >= 11 is 0. The highest BCUT2D eigenvalue weighted by Gasteiger charge is 2.31. The zero-order valence-corrected chi connectivity index (χ0v) is 18.5. The molecule has 0 bridgehead atoms. The van der Waals surface area contributed by atoms with Crippen LogP contribution in [0.1, 0.15) is 35.3 Å². The Hall–Kier alpha value is -3.03. The highest BCUT2D eigenvalue weighted by molar-refractivity contribution is 5.41. The number of benzene rings is 1. The lowest BCUT2D eigenvalue weighted by atomic mass is 9.95. The van der Waals surface area contributed by atoms with Crippen molar-refractivity contribution in [2.75, 3.05) is 32.7 Å². The van der Waals surface area contributed by atoms with Crippen molar-refractivity contribution in [1.29, 1.82) is 0 Å². The van der Waals surface area contributed by atoms with Gasteiger partial charge in [-0.25, -0.2) is 4.39 Å². The number of rotatable bonds is 6. The molecular weight excluding hydrogens is 407 g/mol. The molecule has 0 saturated carbocycles. The standard InChI is InChI=1S/C25H29FN4O2/c1-3-28-10-12-29(13-11-28)24(20-7-4-8-21(26)15-20)23-22(31)14-18(2)30(25(23)32)17-19-6-5-9-27-16-19/h4-9,14-16,24,31H,3,10-13,17H2,1-2H3/t24-/m0/s1. The van der Waals surface area contributed by atoms with E-state index in [0.29, 0.717) is 17.8 Å². The van der Waals surface area contributed by atoms with Crippen molar-refractivity contribution in [2.45, 2.75) is 26.4 Å². The monoisotopic (exact) mass is 436 g/mol. The predicted molar refractivity (Wildman–Crippen MR) is 122 cm³/mol. The molecule has 1 N–H and O–H groups in total. The van der Waals surface area contributed by atoms with Crippen LogP contribution in [0.4, 0.5) is 4.39 Å². The Morgan fingerprint density at radius 2 is 1.91 bits per heavy atom. The van der Waals surface area contributed by atoms with Crippen molar-refractivity contribution in [3.05, 3.63) is 93.4 Å². The van der Waals surface area contributed by atoms with E-state index in [9.17, 15) is 14.3 Å². The minimum atomic E-state index is -0.530. The van der Waals surface area contributed by atoms with Crippen LogP contribution in [0.2, 0.25) is 0 Å². The molecular formula is C25H29FN4O2. The number of halogens is 1. The fraction of sp³-hybridized carbons (Fsp3) is 0.360. The Kier molecular flexibility index (Phi) is 6.67. The average Bonchev–Trinajstić information content (AvgIpc) is 2.80. The molecule has 4 rings (SSSR count). The first kappa shape index (κ1) is 22.2. The minimum Gasteiger partial charge on any atom is -0.507 e. The highest BCUT2D eigenvalue weighted by atomic mass is 19.1. The van der Waals surface area contributed by atoms with Crippen molar-refractivity contribution in [3.8, 4) is 5.75 Å². The molecule has 0 spiro atoms. The summed E-state index contributed by atoms with van der Waals surface area (Å²) in [6.07, 6.45) is 3.42. The molecule has 1 aliphatic rings. The molecule has 0 unspecified atom stereocenters. The average molecular weight is 437 g/mol. The van der Waals surface area contributed by atoms with Crippen LogP contribution in [0.5, 0.6) is 5.75 Å². The second-order valence-corrected chi connectivity index (χ2v) is 8.26. The van der Waals surface area contributed by atoms with E-state index in [-0.39, 0.29) is 22.7 Å². The van der Waals surface area contributed by atoms with Crippen LogP contribution in [0.25, 0.3) is 0 Å². The molecule has 1 atom stereocenters. The van der Waals surface area contributed by atoms with E-state index in [1.165, 1.54) is 12.1 Å². The van der Waals surface area contributed by atoms with Gasteiger partial charge in [0.15, 0.2) is 0 Å². The van der Waals surface area contributed by atoms with Gasteiger partial charge in [-0.15, -0.1) is 0 Å². The smallest absolute Gasteiger partial charge is 0.259 e. The van der Waals surface area contributed by atoms with Gasteiger partial charge in [0.1, 0.15) is 11.6 Å². The Morgan fingerprint density at radius 1 is 1.12 bits per heavy atom. The summed E-state index contributed by atoms with van der Waals surface area (Å²) in [5.74, 6) is -0.413. The Bertz CT molecular complexity index is 1120. The third-order valence-electron chi connectivity index (χ3n) is 6.24. The molecule has 0 amide bonds. The predicted octanol–water partition coefficient (Wildman–Crippen LogP) is 3.17. The molecule has 7 heteroatoms. The summed E-state index contributed by atoms with van der Waals surface area (Å²) in [7, 11) is 0. The summed E-state index contributed by atoms with van der Waals surface area (Å²) in [6, 6.07) is 11.2. The normalized spacial score (nSPS) is 16.2. The lowest BCUT2D eigenvalue weighted by molar-refractivity contribution is 0.111. The molecule has 6 nitrogen and oxygen atoms in total. The highest BCUT2D eigenvalue weighted by Crippen LogP contribution is 2.33. The van der Waals surface area contributed by atoms with Gasteiger partial charge in [0.05, 0.1) is 18.2 Å². The maximum Gasteiger partial charge on any atom is 0.259 e. The van der Waals surface area contributed by atoms with E-state index in [4.69, 9.17) is 0 Å². The summed E-state index contributed by atoms with van der Waals surface area (Å²) < 4.78 is 15.8. The zero-order chi connectivity index (χ0) is 22.7. The van der Waals surface area contributed by atoms with Crippen LogP contribution in [0.3, 0.4) is 0 Å². The lowest BCUT2D eigenvalue weighted by Gasteiger charge is -2.39. The zero-order valence-electron chi connectivity index (χ0n) is 18.5. The fourth-order valence-corrected chi connectivity index (χ4v) is 4.47. The topological polar surface area (TPSA) is 61.6 Å². The van der Waals surface area contributed by atoms with Gasteiger partial charge in [-0.2, -0.15) is 0 Å². The number of hydrogen-bond acceptors (Lipinski definition) is 5. The number of aromatic hydroxyl groups is 1. The second kappa shape index (κ2) is 9.63. The quantitative estimate of drug-likeness (QED) is 0.643. The molecule has 2 aromatic heterocycles. The third-order valence-corrected chi connectivity index (χ3v) is 6.24. The number of hydrogen-bond donors (Lipinski definition) is 1. The Morgan fingerprint density at radius 3 is 2.56 bits per heavy atom. The van der Waals surface area contributed by atoms with E-state index < -0.39 is 6.04 Å². The Balaban J connectivity index is 1.82. The van der Waals surface area contributed by atoms with Gasteiger partial charge in [-0.05, 0) is 48.9 Å². The van der Waals surface area contributed by atoms with Gasteiger partial charge < -0.3 is 14.6 Å². The molecule has 32 heavy (non-hydrogen) atoms. The molecule has 3 aromatic rings. The van der Waals surface area contributed by atoms with Crippen LogP contribution in [-0.4, -0.2) is 57.2 Å². The van der Waals surface area contributed by atoms with Crippen LogP contribution in [0.15, 0.2) is 59.7 Å². The number of nitrogens with zero attached hydrogens (tertiary/aromatic N) is 4. The van der Waals surface area contributed by atoms with E-state index in [1.54, 1.807) is 36.0 Å². The molecule has 1 saturated heterocycles. The van der Waals surface area contributed by atoms with Gasteiger partial charge in [0.2, 0.25) is 0 Å². The van der Waals surface area contributed by atoms with E-state index in [1.807, 2.05) is 18.2 Å². The molecule has 168 valence electrons. The molecule has 0 radical (unpaired) electrons. The van der Waals surface area contributed by atoms with Crippen molar-refractivity contribution in [3.63, 3.8) is 0 Å². The summed E-state index contributed by atoms with van der Waals surface area (Å²) in [5.41, 5.74) is 2.25. The van der Waals surface area contributed by atoms with E-state index in [2.05, 4.69) is 21.7 Å². The summed E-state index contributed by atoms with van der Waals surface area (Å²) in [5, 5.41) is 10.9. The van der Waals surface area contributed by atoms with Gasteiger partial charge in [-0.1, -0.05) is 25.1 Å². The maximum atomic E-state index is 14.2. The summed E-state index contributed by atoms with van der Waals surface area (Å²) in [4.78, 5) is 22.4. The number of likely N-dealkylation sites (N-methyl/N-ethyl adjacent to an activating group) is 1. The van der Waals surface area contributed by atoms with Crippen molar-refractivity contribution < 1.29 is 9.50 Å². The first-order chi connectivity index (χ1) is 15.5. The van der Waals surface area contributed by atoms with Crippen molar-refractivity contribution in [2.24, 2.45) is 0 Å². The van der Waals surface area contributed by atoms with E-state index >= 15 is 0 Å². The fourth-order valence-electron chi connectivity index (χ4n) is 4.47. The number of aryl methyl sites for hydroxylation is 1. The molecule has 1 aromatic carbocycles. The first-order valence-corrected chi connectivity index (χ1v) is 11.0. The van der Waals surface area contributed by atoms with Gasteiger partial charge >= 0.3 is 0 Å². The lowest BCUT2D eigenvalue weighted by Crippen LogP contribution is -2.48.